The number of halogens is 3. The zero-order chi connectivity index (χ0) is 14.2. The van der Waals surface area contributed by atoms with Gasteiger partial charge in [-0.3, -0.25) is 10.4 Å². The first-order chi connectivity index (χ1) is 8.82. The number of hydrazine groups is 1. The van der Waals surface area contributed by atoms with Crippen LogP contribution in [0.3, 0.4) is 0 Å². The second kappa shape index (κ2) is 4.73. The largest absolute Gasteiger partial charge is 0.416 e. The highest BCUT2D eigenvalue weighted by Crippen LogP contribution is 2.39. The normalized spacial score (nSPS) is 20.8. The van der Waals surface area contributed by atoms with Crippen molar-refractivity contribution in [3.8, 4) is 0 Å². The van der Waals surface area contributed by atoms with Crippen molar-refractivity contribution in [1.29, 1.82) is 5.41 Å². The number of nitrogens with zero attached hydrogens (tertiary/aromatic N) is 2. The molecule has 104 valence electrons. The van der Waals surface area contributed by atoms with Crippen molar-refractivity contribution in [2.24, 2.45) is 5.73 Å². The van der Waals surface area contributed by atoms with Crippen LogP contribution >= 0.6 is 0 Å². The van der Waals surface area contributed by atoms with Crippen molar-refractivity contribution in [2.45, 2.75) is 18.6 Å². The Bertz CT molecular complexity index is 486. The fraction of sp³-hybridized carbons (Fsp3) is 0.417. The van der Waals surface area contributed by atoms with E-state index in [0.717, 1.165) is 6.07 Å². The van der Waals surface area contributed by atoms with E-state index in [1.807, 2.05) is 0 Å². The second-order valence-corrected chi connectivity index (χ2v) is 4.47. The summed E-state index contributed by atoms with van der Waals surface area (Å²) in [6, 6.07) is 5.12. The van der Waals surface area contributed by atoms with Crippen LogP contribution in [0.2, 0.25) is 0 Å². The molecule has 1 unspecified atom stereocenters. The molecular formula is C12H15F3N4. The highest BCUT2D eigenvalue weighted by Gasteiger charge is 2.39. The number of guanidine groups is 1. The number of alkyl halides is 3. The van der Waals surface area contributed by atoms with Crippen LogP contribution in [0, 0.1) is 5.41 Å². The van der Waals surface area contributed by atoms with Gasteiger partial charge in [0.25, 0.3) is 0 Å². The number of nitrogens with one attached hydrogen (secondary N) is 1. The average molecular weight is 272 g/mol. The molecule has 0 bridgehead atoms. The van der Waals surface area contributed by atoms with E-state index in [4.69, 9.17) is 11.1 Å². The van der Waals surface area contributed by atoms with Crippen LogP contribution in [0.15, 0.2) is 24.3 Å². The van der Waals surface area contributed by atoms with E-state index in [2.05, 4.69) is 0 Å². The van der Waals surface area contributed by atoms with Gasteiger partial charge in [-0.05, 0) is 18.1 Å². The summed E-state index contributed by atoms with van der Waals surface area (Å²) in [7, 11) is 1.65. The summed E-state index contributed by atoms with van der Waals surface area (Å²) >= 11 is 0. The lowest BCUT2D eigenvalue weighted by atomic mass is 9.98. The maximum absolute atomic E-state index is 13.0. The monoisotopic (exact) mass is 272 g/mol. The van der Waals surface area contributed by atoms with Gasteiger partial charge in [0.15, 0.2) is 0 Å². The molecule has 7 heteroatoms. The Morgan fingerprint density at radius 1 is 1.37 bits per heavy atom. The Morgan fingerprint density at radius 3 is 2.53 bits per heavy atom. The van der Waals surface area contributed by atoms with Gasteiger partial charge >= 0.3 is 6.18 Å². The van der Waals surface area contributed by atoms with E-state index in [1.165, 1.54) is 17.1 Å². The molecule has 1 aromatic carbocycles. The molecule has 0 amide bonds. The smallest absolute Gasteiger partial charge is 0.369 e. The molecule has 3 N–H and O–H groups in total. The van der Waals surface area contributed by atoms with Gasteiger partial charge in [0.05, 0.1) is 11.6 Å². The first-order valence-electron chi connectivity index (χ1n) is 5.83. The van der Waals surface area contributed by atoms with Gasteiger partial charge in [-0.25, -0.2) is 5.01 Å². The van der Waals surface area contributed by atoms with Gasteiger partial charge in [0, 0.05) is 13.6 Å². The van der Waals surface area contributed by atoms with Crippen molar-refractivity contribution in [1.82, 2.24) is 10.0 Å². The molecule has 0 radical (unpaired) electrons. The standard InChI is InChI=1S/C12H15F3N4/c1-18-10(6-7-19(18)11(16)17)8-4-2-3-5-9(8)12(13,14)15/h2-5,10H,6-7H2,1H3,(H3,16,17). The number of benzene rings is 1. The summed E-state index contributed by atoms with van der Waals surface area (Å²) < 4.78 is 39.0. The molecule has 0 saturated carbocycles. The molecule has 1 aliphatic heterocycles. The molecule has 4 nitrogen and oxygen atoms in total. The van der Waals surface area contributed by atoms with Crippen molar-refractivity contribution < 1.29 is 13.2 Å². The summed E-state index contributed by atoms with van der Waals surface area (Å²) in [5.74, 6) is -0.158. The minimum absolute atomic E-state index is 0.158. The van der Waals surface area contributed by atoms with Crippen molar-refractivity contribution >= 4 is 5.96 Å². The minimum atomic E-state index is -4.37. The summed E-state index contributed by atoms with van der Waals surface area (Å²) in [6.07, 6.45) is -3.87. The van der Waals surface area contributed by atoms with Crippen LogP contribution in [0.5, 0.6) is 0 Å². The lowest BCUT2D eigenvalue weighted by Crippen LogP contribution is -2.43. The quantitative estimate of drug-likeness (QED) is 0.608. The fourth-order valence-electron chi connectivity index (χ4n) is 2.45. The first-order valence-corrected chi connectivity index (χ1v) is 5.83. The third kappa shape index (κ3) is 2.51. The number of hydrogen-bond acceptors (Lipinski definition) is 2. The predicted octanol–water partition coefficient (Wildman–Crippen LogP) is 2.19. The summed E-state index contributed by atoms with van der Waals surface area (Å²) in [6.45, 7) is 0.447. The highest BCUT2D eigenvalue weighted by molar-refractivity contribution is 5.74. The maximum atomic E-state index is 13.0. The maximum Gasteiger partial charge on any atom is 0.416 e. The van der Waals surface area contributed by atoms with E-state index < -0.39 is 17.8 Å². The number of nitrogens with two attached hydrogens (primary N) is 1. The van der Waals surface area contributed by atoms with E-state index >= 15 is 0 Å². The zero-order valence-corrected chi connectivity index (χ0v) is 10.4. The van der Waals surface area contributed by atoms with E-state index in [-0.39, 0.29) is 11.5 Å². The molecule has 1 aromatic rings. The summed E-state index contributed by atoms with van der Waals surface area (Å²) in [5.41, 5.74) is 4.99. The van der Waals surface area contributed by atoms with E-state index in [9.17, 15) is 13.2 Å². The van der Waals surface area contributed by atoms with Gasteiger partial charge in [-0.2, -0.15) is 13.2 Å². The highest BCUT2D eigenvalue weighted by atomic mass is 19.4. The molecule has 1 heterocycles. The molecule has 0 spiro atoms. The zero-order valence-electron chi connectivity index (χ0n) is 10.4. The topological polar surface area (TPSA) is 56.4 Å². The van der Waals surface area contributed by atoms with Crippen LogP contribution < -0.4 is 5.73 Å². The van der Waals surface area contributed by atoms with Crippen molar-refractivity contribution in [3.63, 3.8) is 0 Å². The molecule has 1 saturated heterocycles. The Hall–Kier alpha value is -1.76. The van der Waals surface area contributed by atoms with E-state index in [1.54, 1.807) is 18.1 Å². The SMILES string of the molecule is CN1C(c2ccccc2C(F)(F)F)CCN1C(=N)N. The molecular weight excluding hydrogens is 257 g/mol. The van der Waals surface area contributed by atoms with Crippen molar-refractivity contribution in [3.05, 3.63) is 35.4 Å². The molecule has 1 fully saturated rings. The first kappa shape index (κ1) is 13.7. The second-order valence-electron chi connectivity index (χ2n) is 4.47. The summed E-state index contributed by atoms with van der Waals surface area (Å²) in [4.78, 5) is 0. The van der Waals surface area contributed by atoms with Gasteiger partial charge in [-0.1, -0.05) is 18.2 Å². The average Bonchev–Trinajstić information content (AvgIpc) is 2.70. The molecule has 19 heavy (non-hydrogen) atoms. The van der Waals surface area contributed by atoms with Gasteiger partial charge < -0.3 is 5.73 Å². The Labute approximate surface area is 109 Å². The number of hydrogen-bond donors (Lipinski definition) is 2. The lowest BCUT2D eigenvalue weighted by Gasteiger charge is -2.29. The lowest BCUT2D eigenvalue weighted by molar-refractivity contribution is -0.138. The third-order valence-corrected chi connectivity index (χ3v) is 3.35. The third-order valence-electron chi connectivity index (χ3n) is 3.35. The Morgan fingerprint density at radius 2 is 2.00 bits per heavy atom. The Kier molecular flexibility index (Phi) is 3.40. The van der Waals surface area contributed by atoms with Gasteiger partial charge in [0.1, 0.15) is 0 Å². The molecule has 0 aliphatic carbocycles. The van der Waals surface area contributed by atoms with Crippen LogP contribution in [0.25, 0.3) is 0 Å². The molecule has 2 rings (SSSR count). The van der Waals surface area contributed by atoms with Crippen LogP contribution in [0.1, 0.15) is 23.6 Å². The predicted molar refractivity (Wildman–Crippen MR) is 65.2 cm³/mol. The van der Waals surface area contributed by atoms with Gasteiger partial charge in [-0.15, -0.1) is 0 Å². The minimum Gasteiger partial charge on any atom is -0.369 e. The van der Waals surface area contributed by atoms with Gasteiger partial charge in [0.2, 0.25) is 5.96 Å². The van der Waals surface area contributed by atoms with Crippen LogP contribution in [0.4, 0.5) is 13.2 Å². The molecule has 1 atom stereocenters. The van der Waals surface area contributed by atoms with Crippen LogP contribution in [-0.2, 0) is 6.18 Å². The molecule has 0 aromatic heterocycles. The molecule has 1 aliphatic rings. The fourth-order valence-corrected chi connectivity index (χ4v) is 2.45. The number of rotatable bonds is 1. The van der Waals surface area contributed by atoms with Crippen molar-refractivity contribution in [2.75, 3.05) is 13.6 Å². The van der Waals surface area contributed by atoms with Crippen LogP contribution in [-0.4, -0.2) is 29.6 Å². The Balaban J connectivity index is 2.36. The summed E-state index contributed by atoms with van der Waals surface area (Å²) in [5, 5.41) is 10.5. The van der Waals surface area contributed by atoms with E-state index in [0.29, 0.717) is 13.0 Å².